The highest BCUT2D eigenvalue weighted by atomic mass is 31.2. The van der Waals surface area contributed by atoms with E-state index in [1.54, 1.807) is 13.3 Å². The van der Waals surface area contributed by atoms with Crippen molar-refractivity contribution in [1.29, 1.82) is 0 Å². The molecule has 0 fully saturated rings. The lowest BCUT2D eigenvalue weighted by atomic mass is 10.2. The first-order valence-corrected chi connectivity index (χ1v) is 7.49. The first kappa shape index (κ1) is 11.5. The Bertz CT molecular complexity index is 326. The average Bonchev–Trinajstić information content (AvgIpc) is 2.14. The number of hydrogen-bond acceptors (Lipinski definition) is 2. The zero-order chi connectivity index (χ0) is 10.6. The van der Waals surface area contributed by atoms with Gasteiger partial charge in [-0.15, -0.1) is 0 Å². The molecule has 2 nitrogen and oxygen atoms in total. The fourth-order valence-corrected chi connectivity index (χ4v) is 2.11. The van der Waals surface area contributed by atoms with Gasteiger partial charge in [-0.1, -0.05) is 31.2 Å². The van der Waals surface area contributed by atoms with Gasteiger partial charge >= 0.3 is 0 Å². The van der Waals surface area contributed by atoms with Crippen molar-refractivity contribution in [2.24, 2.45) is 0 Å². The van der Waals surface area contributed by atoms with Crippen LogP contribution < -0.4 is 10.6 Å². The van der Waals surface area contributed by atoms with Crippen molar-refractivity contribution in [3.63, 3.8) is 0 Å². The molecule has 0 unspecified atom stereocenters. The third kappa shape index (κ3) is 3.28. The molecular formula is C11H18NOP. The smallest absolute Gasteiger partial charge is 0.109 e. The van der Waals surface area contributed by atoms with Crippen LogP contribution in [0, 0.1) is 0 Å². The summed E-state index contributed by atoms with van der Waals surface area (Å²) in [6.07, 6.45) is 0. The van der Waals surface area contributed by atoms with E-state index in [0.717, 1.165) is 18.4 Å². The molecule has 0 aliphatic carbocycles. The van der Waals surface area contributed by atoms with Crippen molar-refractivity contribution < 1.29 is 4.57 Å². The van der Waals surface area contributed by atoms with Crippen molar-refractivity contribution in [2.45, 2.75) is 13.5 Å². The van der Waals surface area contributed by atoms with Gasteiger partial charge in [0.1, 0.15) is 7.14 Å². The maximum atomic E-state index is 11.7. The van der Waals surface area contributed by atoms with Crippen LogP contribution in [-0.2, 0) is 11.1 Å². The quantitative estimate of drug-likeness (QED) is 0.772. The molecule has 78 valence electrons. The van der Waals surface area contributed by atoms with Crippen LogP contribution in [0.2, 0.25) is 0 Å². The summed E-state index contributed by atoms with van der Waals surface area (Å²) in [6, 6.07) is 8.01. The Balaban J connectivity index is 2.74. The van der Waals surface area contributed by atoms with Gasteiger partial charge in [0.05, 0.1) is 0 Å². The van der Waals surface area contributed by atoms with Crippen LogP contribution in [0.1, 0.15) is 12.5 Å². The van der Waals surface area contributed by atoms with Crippen LogP contribution in [0.15, 0.2) is 24.3 Å². The summed E-state index contributed by atoms with van der Waals surface area (Å²) < 4.78 is 11.7. The summed E-state index contributed by atoms with van der Waals surface area (Å²) in [4.78, 5) is 0. The van der Waals surface area contributed by atoms with E-state index in [4.69, 9.17) is 0 Å². The largest absolute Gasteiger partial charge is 0.319 e. The molecule has 0 bridgehead atoms. The Labute approximate surface area is 86.1 Å². The Kier molecular flexibility index (Phi) is 3.91. The molecule has 0 saturated carbocycles. The average molecular weight is 211 g/mol. The first-order chi connectivity index (χ1) is 6.54. The summed E-state index contributed by atoms with van der Waals surface area (Å²) in [6.45, 7) is 7.54. The highest BCUT2D eigenvalue weighted by Crippen LogP contribution is 2.34. The zero-order valence-electron chi connectivity index (χ0n) is 9.08. The predicted molar refractivity (Wildman–Crippen MR) is 62.9 cm³/mol. The lowest BCUT2D eigenvalue weighted by molar-refractivity contribution is 0.588. The molecule has 0 aliphatic rings. The fraction of sp³-hybridized carbons (Fsp3) is 0.455. The lowest BCUT2D eigenvalue weighted by Gasteiger charge is -2.08. The number of benzene rings is 1. The molecule has 0 radical (unpaired) electrons. The molecule has 1 aromatic rings. The molecule has 1 aromatic carbocycles. The van der Waals surface area contributed by atoms with E-state index in [-0.39, 0.29) is 0 Å². The number of hydrogen-bond donors (Lipinski definition) is 1. The van der Waals surface area contributed by atoms with Gasteiger partial charge in [0.15, 0.2) is 0 Å². The minimum atomic E-state index is -2.08. The van der Waals surface area contributed by atoms with Crippen LogP contribution in [0.25, 0.3) is 0 Å². The fourth-order valence-electron chi connectivity index (χ4n) is 1.24. The third-order valence-corrected chi connectivity index (χ3v) is 3.68. The molecule has 0 aromatic heterocycles. The Morgan fingerprint density at radius 1 is 1.21 bits per heavy atom. The number of rotatable bonds is 4. The second kappa shape index (κ2) is 4.77. The van der Waals surface area contributed by atoms with E-state index in [1.807, 2.05) is 24.3 Å². The van der Waals surface area contributed by atoms with E-state index in [9.17, 15) is 4.57 Å². The van der Waals surface area contributed by atoms with Gasteiger partial charge in [-0.2, -0.15) is 0 Å². The zero-order valence-corrected chi connectivity index (χ0v) is 9.97. The topological polar surface area (TPSA) is 29.1 Å². The van der Waals surface area contributed by atoms with Crippen molar-refractivity contribution in [1.82, 2.24) is 5.32 Å². The maximum Gasteiger partial charge on any atom is 0.109 e. The summed E-state index contributed by atoms with van der Waals surface area (Å²) in [7, 11) is -2.08. The van der Waals surface area contributed by atoms with Gasteiger partial charge in [0.25, 0.3) is 0 Å². The van der Waals surface area contributed by atoms with Crippen molar-refractivity contribution in [3.05, 3.63) is 29.8 Å². The van der Waals surface area contributed by atoms with Gasteiger partial charge < -0.3 is 9.88 Å². The molecule has 0 amide bonds. The Hall–Kier alpha value is -0.590. The van der Waals surface area contributed by atoms with Gasteiger partial charge in [-0.05, 0) is 25.4 Å². The Morgan fingerprint density at radius 3 is 2.21 bits per heavy atom. The van der Waals surface area contributed by atoms with Gasteiger partial charge in [-0.3, -0.25) is 0 Å². The molecule has 0 atom stereocenters. The van der Waals surface area contributed by atoms with E-state index in [0.29, 0.717) is 0 Å². The molecule has 1 rings (SSSR count). The van der Waals surface area contributed by atoms with Gasteiger partial charge in [-0.25, -0.2) is 0 Å². The predicted octanol–water partition coefficient (Wildman–Crippen LogP) is 2.04. The van der Waals surface area contributed by atoms with E-state index < -0.39 is 7.14 Å². The van der Waals surface area contributed by atoms with Crippen LogP contribution >= 0.6 is 7.14 Å². The summed E-state index contributed by atoms with van der Waals surface area (Å²) >= 11 is 0. The first-order valence-electron chi connectivity index (χ1n) is 4.89. The molecule has 0 spiro atoms. The summed E-state index contributed by atoms with van der Waals surface area (Å²) in [5.74, 6) is 0. The second-order valence-electron chi connectivity index (χ2n) is 3.80. The standard InChI is InChI=1S/C11H18NOP/c1-4-12-9-10-5-7-11(8-6-10)14(2,3)13/h5-8,12H,4,9H2,1-3H3. The number of nitrogens with one attached hydrogen (secondary N) is 1. The van der Waals surface area contributed by atoms with Crippen LogP contribution in [0.3, 0.4) is 0 Å². The third-order valence-electron chi connectivity index (χ3n) is 2.14. The molecule has 0 saturated heterocycles. The monoisotopic (exact) mass is 211 g/mol. The maximum absolute atomic E-state index is 11.7. The van der Waals surface area contributed by atoms with E-state index in [1.165, 1.54) is 5.56 Å². The van der Waals surface area contributed by atoms with Crippen LogP contribution in [-0.4, -0.2) is 19.9 Å². The summed E-state index contributed by atoms with van der Waals surface area (Å²) in [5.41, 5.74) is 1.24. The SMILES string of the molecule is CCNCc1ccc(P(C)(C)=O)cc1. The molecule has 0 aliphatic heterocycles. The minimum Gasteiger partial charge on any atom is -0.319 e. The minimum absolute atomic E-state index is 0.883. The highest BCUT2D eigenvalue weighted by molar-refractivity contribution is 7.70. The van der Waals surface area contributed by atoms with E-state index in [2.05, 4.69) is 12.2 Å². The van der Waals surface area contributed by atoms with Gasteiger partial charge in [0, 0.05) is 11.8 Å². The van der Waals surface area contributed by atoms with Crippen molar-refractivity contribution in [3.8, 4) is 0 Å². The molecule has 14 heavy (non-hydrogen) atoms. The van der Waals surface area contributed by atoms with Gasteiger partial charge in [0.2, 0.25) is 0 Å². The van der Waals surface area contributed by atoms with Crippen LogP contribution in [0.4, 0.5) is 0 Å². The normalized spacial score (nSPS) is 11.6. The summed E-state index contributed by atoms with van der Waals surface area (Å²) in [5, 5.41) is 4.21. The highest BCUT2D eigenvalue weighted by Gasteiger charge is 2.09. The molecule has 1 N–H and O–H groups in total. The molecule has 0 heterocycles. The van der Waals surface area contributed by atoms with E-state index >= 15 is 0 Å². The molecular weight excluding hydrogens is 193 g/mol. The Morgan fingerprint density at radius 2 is 1.79 bits per heavy atom. The van der Waals surface area contributed by atoms with Crippen molar-refractivity contribution >= 4 is 12.4 Å². The lowest BCUT2D eigenvalue weighted by Crippen LogP contribution is -2.12. The van der Waals surface area contributed by atoms with Crippen molar-refractivity contribution in [2.75, 3.05) is 19.9 Å². The second-order valence-corrected chi connectivity index (χ2v) is 7.02. The molecule has 3 heteroatoms. The van der Waals surface area contributed by atoms with Crippen LogP contribution in [0.5, 0.6) is 0 Å².